The van der Waals surface area contributed by atoms with Gasteiger partial charge in [-0.1, -0.05) is 18.2 Å². The second-order valence-electron chi connectivity index (χ2n) is 7.40. The summed E-state index contributed by atoms with van der Waals surface area (Å²) < 4.78 is 27.4. The molecule has 26 heavy (non-hydrogen) atoms. The minimum Gasteiger partial charge on any atom is -0.354 e. The standard InChI is InChI=1S/C19H23N3O3S/c1-26(24,25)21-17-3-2-4-18-16(17)7-8-22(18)12-19(23)20-11-15-10-13-5-6-14(15)9-13/h2-8,13-15,21H,9-12H2,1H3,(H,20,23)/t13-,14-,15-/m0/s1. The van der Waals surface area contributed by atoms with Crippen LogP contribution in [-0.4, -0.2) is 31.7 Å². The second-order valence-corrected chi connectivity index (χ2v) is 9.15. The first-order chi connectivity index (χ1) is 12.4. The van der Waals surface area contributed by atoms with Gasteiger partial charge < -0.3 is 9.88 Å². The number of fused-ring (bicyclic) bond motifs is 3. The summed E-state index contributed by atoms with van der Waals surface area (Å²) in [5.74, 6) is 1.87. The molecule has 1 fully saturated rings. The normalized spacial score (nSPS) is 24.3. The zero-order valence-electron chi connectivity index (χ0n) is 14.7. The molecule has 6 nitrogen and oxygen atoms in total. The SMILES string of the molecule is CS(=O)(=O)Nc1cccc2c1ccn2CC(=O)NC[C@@H]1C[C@H]2C=C[C@H]1C2. The van der Waals surface area contributed by atoms with Gasteiger partial charge in [0.15, 0.2) is 0 Å². The van der Waals surface area contributed by atoms with Crippen molar-refractivity contribution in [2.75, 3.05) is 17.5 Å². The van der Waals surface area contributed by atoms with Crippen LogP contribution in [0.4, 0.5) is 5.69 Å². The molecule has 1 aromatic carbocycles. The van der Waals surface area contributed by atoms with E-state index in [0.717, 1.165) is 23.7 Å². The van der Waals surface area contributed by atoms with Gasteiger partial charge in [-0.3, -0.25) is 9.52 Å². The molecule has 1 aromatic heterocycles. The number of benzene rings is 1. The minimum atomic E-state index is -3.35. The zero-order valence-corrected chi connectivity index (χ0v) is 15.5. The summed E-state index contributed by atoms with van der Waals surface area (Å²) in [5, 5.41) is 3.84. The van der Waals surface area contributed by atoms with E-state index in [-0.39, 0.29) is 12.5 Å². The van der Waals surface area contributed by atoms with Crippen LogP contribution in [0.1, 0.15) is 12.8 Å². The summed E-state index contributed by atoms with van der Waals surface area (Å²) in [6, 6.07) is 7.22. The Balaban J connectivity index is 1.43. The Morgan fingerprint density at radius 3 is 2.77 bits per heavy atom. The molecule has 0 unspecified atom stereocenters. The molecule has 0 saturated heterocycles. The summed E-state index contributed by atoms with van der Waals surface area (Å²) in [7, 11) is -3.35. The third-order valence-electron chi connectivity index (χ3n) is 5.40. The average molecular weight is 373 g/mol. The third-order valence-corrected chi connectivity index (χ3v) is 5.99. The van der Waals surface area contributed by atoms with Crippen LogP contribution in [0.15, 0.2) is 42.6 Å². The van der Waals surface area contributed by atoms with E-state index in [1.165, 1.54) is 12.8 Å². The molecule has 0 spiro atoms. The second kappa shape index (κ2) is 6.46. The van der Waals surface area contributed by atoms with Crippen molar-refractivity contribution in [2.24, 2.45) is 17.8 Å². The molecule has 1 saturated carbocycles. The van der Waals surface area contributed by atoms with Crippen LogP contribution in [0.3, 0.4) is 0 Å². The van der Waals surface area contributed by atoms with Crippen molar-refractivity contribution < 1.29 is 13.2 Å². The number of amides is 1. The molecule has 1 heterocycles. The summed E-state index contributed by atoms with van der Waals surface area (Å²) in [6.07, 6.45) is 9.95. The van der Waals surface area contributed by atoms with E-state index in [1.807, 2.05) is 22.9 Å². The number of nitrogens with zero attached hydrogens (tertiary/aromatic N) is 1. The molecular formula is C19H23N3O3S. The highest BCUT2D eigenvalue weighted by Gasteiger charge is 2.35. The molecule has 3 atom stereocenters. The van der Waals surface area contributed by atoms with Gasteiger partial charge >= 0.3 is 0 Å². The molecule has 138 valence electrons. The van der Waals surface area contributed by atoms with E-state index >= 15 is 0 Å². The highest BCUT2D eigenvalue weighted by atomic mass is 32.2. The Kier molecular flexibility index (Phi) is 4.26. The molecule has 4 rings (SSSR count). The van der Waals surface area contributed by atoms with E-state index < -0.39 is 10.0 Å². The molecule has 7 heteroatoms. The molecule has 0 radical (unpaired) electrons. The summed E-state index contributed by atoms with van der Waals surface area (Å²) in [4.78, 5) is 12.4. The molecule has 2 aliphatic rings. The quantitative estimate of drug-likeness (QED) is 0.763. The van der Waals surface area contributed by atoms with E-state index in [1.54, 1.807) is 12.1 Å². The van der Waals surface area contributed by atoms with Crippen LogP contribution in [-0.2, 0) is 21.4 Å². The van der Waals surface area contributed by atoms with Crippen LogP contribution in [0.25, 0.3) is 10.9 Å². The van der Waals surface area contributed by atoms with Crippen molar-refractivity contribution in [1.29, 1.82) is 0 Å². The lowest BCUT2D eigenvalue weighted by molar-refractivity contribution is -0.121. The van der Waals surface area contributed by atoms with Gasteiger partial charge in [0.2, 0.25) is 15.9 Å². The van der Waals surface area contributed by atoms with Crippen molar-refractivity contribution >= 4 is 32.5 Å². The smallest absolute Gasteiger partial charge is 0.239 e. The monoisotopic (exact) mass is 373 g/mol. The Morgan fingerprint density at radius 2 is 2.08 bits per heavy atom. The summed E-state index contributed by atoms with van der Waals surface area (Å²) in [5.41, 5.74) is 1.36. The van der Waals surface area contributed by atoms with E-state index in [9.17, 15) is 13.2 Å². The molecule has 2 bridgehead atoms. The van der Waals surface area contributed by atoms with Crippen LogP contribution >= 0.6 is 0 Å². The lowest BCUT2D eigenvalue weighted by Crippen LogP contribution is -2.33. The average Bonchev–Trinajstić information content (AvgIpc) is 3.28. The minimum absolute atomic E-state index is 0.0178. The third kappa shape index (κ3) is 3.49. The fourth-order valence-corrected chi connectivity index (χ4v) is 4.81. The topological polar surface area (TPSA) is 80.2 Å². The van der Waals surface area contributed by atoms with Gasteiger partial charge in [0.05, 0.1) is 17.5 Å². The number of carbonyl (C=O) groups excluding carboxylic acids is 1. The summed E-state index contributed by atoms with van der Waals surface area (Å²) >= 11 is 0. The molecule has 2 aromatic rings. The fourth-order valence-electron chi connectivity index (χ4n) is 4.23. The van der Waals surface area contributed by atoms with Gasteiger partial charge in [-0.15, -0.1) is 0 Å². The Morgan fingerprint density at radius 1 is 1.23 bits per heavy atom. The molecular weight excluding hydrogens is 350 g/mol. The van der Waals surface area contributed by atoms with E-state index in [2.05, 4.69) is 22.2 Å². The largest absolute Gasteiger partial charge is 0.354 e. The molecule has 0 aliphatic heterocycles. The van der Waals surface area contributed by atoms with Crippen LogP contribution in [0.5, 0.6) is 0 Å². The van der Waals surface area contributed by atoms with Gasteiger partial charge in [0.25, 0.3) is 0 Å². The van der Waals surface area contributed by atoms with E-state index in [0.29, 0.717) is 23.4 Å². The maximum atomic E-state index is 12.4. The Hall–Kier alpha value is -2.28. The predicted octanol–water partition coefficient (Wildman–Crippen LogP) is 2.34. The molecule has 1 amide bonds. The maximum absolute atomic E-state index is 12.4. The van der Waals surface area contributed by atoms with Crippen LogP contribution in [0.2, 0.25) is 0 Å². The lowest BCUT2D eigenvalue weighted by atomic mass is 9.94. The van der Waals surface area contributed by atoms with Gasteiger partial charge in [0, 0.05) is 18.1 Å². The van der Waals surface area contributed by atoms with Gasteiger partial charge in [-0.2, -0.15) is 0 Å². The number of hydrogen-bond donors (Lipinski definition) is 2. The summed E-state index contributed by atoms with van der Waals surface area (Å²) in [6.45, 7) is 0.951. The maximum Gasteiger partial charge on any atom is 0.239 e. The number of allylic oxidation sites excluding steroid dienone is 2. The van der Waals surface area contributed by atoms with Gasteiger partial charge in [0.1, 0.15) is 6.54 Å². The van der Waals surface area contributed by atoms with Crippen molar-refractivity contribution in [2.45, 2.75) is 19.4 Å². The van der Waals surface area contributed by atoms with Crippen molar-refractivity contribution in [3.05, 3.63) is 42.6 Å². The number of rotatable bonds is 6. The number of aromatic nitrogens is 1. The van der Waals surface area contributed by atoms with Crippen molar-refractivity contribution in [3.63, 3.8) is 0 Å². The van der Waals surface area contributed by atoms with Crippen LogP contribution < -0.4 is 10.0 Å². The number of sulfonamides is 1. The number of nitrogens with one attached hydrogen (secondary N) is 2. The van der Waals surface area contributed by atoms with E-state index in [4.69, 9.17) is 0 Å². The van der Waals surface area contributed by atoms with Gasteiger partial charge in [-0.05, 0) is 48.8 Å². The first-order valence-corrected chi connectivity index (χ1v) is 10.8. The number of carbonyl (C=O) groups is 1. The van der Waals surface area contributed by atoms with Crippen molar-refractivity contribution in [1.82, 2.24) is 9.88 Å². The highest BCUT2D eigenvalue weighted by Crippen LogP contribution is 2.42. The van der Waals surface area contributed by atoms with Crippen molar-refractivity contribution in [3.8, 4) is 0 Å². The predicted molar refractivity (Wildman–Crippen MR) is 102 cm³/mol. The molecule has 2 aliphatic carbocycles. The van der Waals surface area contributed by atoms with Gasteiger partial charge in [-0.25, -0.2) is 8.42 Å². The fraction of sp³-hybridized carbons (Fsp3) is 0.421. The number of hydrogen-bond acceptors (Lipinski definition) is 3. The number of anilines is 1. The first-order valence-electron chi connectivity index (χ1n) is 8.90. The lowest BCUT2D eigenvalue weighted by Gasteiger charge is -2.18. The Labute approximate surface area is 153 Å². The first kappa shape index (κ1) is 17.1. The zero-order chi connectivity index (χ0) is 18.3. The Bertz CT molecular complexity index is 977. The molecule has 2 N–H and O–H groups in total. The highest BCUT2D eigenvalue weighted by molar-refractivity contribution is 7.92. The van der Waals surface area contributed by atoms with Crippen LogP contribution in [0, 0.1) is 17.8 Å².